The predicted octanol–water partition coefficient (Wildman–Crippen LogP) is -0.457. The van der Waals surface area contributed by atoms with E-state index in [-0.39, 0.29) is 0 Å². The first-order valence-electron chi connectivity index (χ1n) is 5.09. The molecule has 0 bridgehead atoms. The quantitative estimate of drug-likeness (QED) is 0.668. The van der Waals surface area contributed by atoms with E-state index in [1.54, 1.807) is 0 Å². The van der Waals surface area contributed by atoms with E-state index < -0.39 is 48.0 Å². The van der Waals surface area contributed by atoms with Crippen molar-refractivity contribution in [1.29, 1.82) is 0 Å². The van der Waals surface area contributed by atoms with Gasteiger partial charge in [0.25, 0.3) is 5.91 Å². The molecular weight excluding hydrogens is 259 g/mol. The van der Waals surface area contributed by atoms with Crippen LogP contribution in [0.3, 0.4) is 0 Å². The molecule has 0 saturated heterocycles. The van der Waals surface area contributed by atoms with Crippen molar-refractivity contribution in [3.63, 3.8) is 0 Å². The Morgan fingerprint density at radius 1 is 1.26 bits per heavy atom. The Bertz CT molecular complexity index is 496. The van der Waals surface area contributed by atoms with Crippen LogP contribution in [0.2, 0.25) is 0 Å². The van der Waals surface area contributed by atoms with Crippen LogP contribution in [0.15, 0.2) is 18.2 Å². The molecule has 0 aliphatic heterocycles. The van der Waals surface area contributed by atoms with E-state index in [4.69, 9.17) is 10.8 Å². The number of aromatic hydroxyl groups is 1. The average molecular weight is 270 g/mol. The van der Waals surface area contributed by atoms with Gasteiger partial charge >= 0.3 is 5.97 Å². The van der Waals surface area contributed by atoms with Gasteiger partial charge in [0.1, 0.15) is 30.2 Å². The van der Waals surface area contributed by atoms with E-state index in [1.807, 2.05) is 0 Å². The van der Waals surface area contributed by atoms with Crippen molar-refractivity contribution in [3.8, 4) is 5.75 Å². The summed E-state index contributed by atoms with van der Waals surface area (Å²) in [5.74, 6) is -5.15. The molecule has 0 aliphatic carbocycles. The Morgan fingerprint density at radius 3 is 2.37 bits per heavy atom. The van der Waals surface area contributed by atoms with Gasteiger partial charge in [-0.25, -0.2) is 4.39 Å². The summed E-state index contributed by atoms with van der Waals surface area (Å²) in [6.45, 7) is -1.53. The molecule has 0 aliphatic rings. The van der Waals surface area contributed by atoms with Gasteiger partial charge in [-0.2, -0.15) is 0 Å². The summed E-state index contributed by atoms with van der Waals surface area (Å²) in [6.07, 6.45) is 0. The van der Waals surface area contributed by atoms with Gasteiger partial charge in [-0.05, 0) is 12.1 Å². The van der Waals surface area contributed by atoms with Crippen LogP contribution in [0.4, 0.5) is 4.39 Å². The smallest absolute Gasteiger partial charge is 0.323 e. The number of hydrogen-bond acceptors (Lipinski definition) is 4. The van der Waals surface area contributed by atoms with Crippen molar-refractivity contribution in [3.05, 3.63) is 29.6 Å². The number of nitrogens with two attached hydrogens (primary N) is 1. The summed E-state index contributed by atoms with van der Waals surface area (Å²) in [7, 11) is 0. The van der Waals surface area contributed by atoms with E-state index >= 15 is 0 Å². The maximum Gasteiger partial charge on any atom is 0.323 e. The first kappa shape index (κ1) is 14.4. The van der Waals surface area contributed by atoms with E-state index in [9.17, 15) is 23.9 Å². The number of carboxylic acid groups (broad SMARTS) is 1. The maximum absolute atomic E-state index is 13.5. The van der Waals surface area contributed by atoms with E-state index in [1.165, 1.54) is 6.07 Å². The summed E-state index contributed by atoms with van der Waals surface area (Å²) in [5, 5.41) is 18.1. The predicted molar refractivity (Wildman–Crippen MR) is 60.8 cm³/mol. The monoisotopic (exact) mass is 270 g/mol. The lowest BCUT2D eigenvalue weighted by molar-refractivity contribution is -0.138. The molecule has 0 radical (unpaired) electrons. The van der Waals surface area contributed by atoms with Crippen LogP contribution < -0.4 is 5.73 Å². The molecule has 0 fully saturated rings. The summed E-state index contributed by atoms with van der Waals surface area (Å²) in [4.78, 5) is 33.8. The summed E-state index contributed by atoms with van der Waals surface area (Å²) in [6, 6.07) is 3.17. The highest BCUT2D eigenvalue weighted by molar-refractivity contribution is 6.00. The lowest BCUT2D eigenvalue weighted by atomic mass is 10.1. The molecule has 0 unspecified atom stereocenters. The third-order valence-corrected chi connectivity index (χ3v) is 2.17. The zero-order valence-corrected chi connectivity index (χ0v) is 9.67. The Hall–Kier alpha value is -2.64. The number of carbonyl (C=O) groups is 3. The zero-order chi connectivity index (χ0) is 14.6. The molecule has 2 amide bonds. The Balaban J connectivity index is 3.11. The number of nitrogens with zero attached hydrogens (tertiary/aromatic N) is 1. The minimum Gasteiger partial charge on any atom is -0.507 e. The number of carbonyl (C=O) groups excluding carboxylic acids is 2. The minimum atomic E-state index is -1.40. The highest BCUT2D eigenvalue weighted by atomic mass is 19.1. The largest absolute Gasteiger partial charge is 0.507 e. The third kappa shape index (κ3) is 3.66. The number of phenolic OH excluding ortho intramolecular Hbond substituents is 1. The normalized spacial score (nSPS) is 9.95. The third-order valence-electron chi connectivity index (χ3n) is 2.17. The average Bonchev–Trinajstić information content (AvgIpc) is 2.26. The Kier molecular flexibility index (Phi) is 4.41. The Labute approximate surface area is 107 Å². The second-order valence-corrected chi connectivity index (χ2v) is 3.66. The fourth-order valence-corrected chi connectivity index (χ4v) is 1.43. The molecule has 0 heterocycles. The first-order chi connectivity index (χ1) is 8.82. The molecular formula is C11H11FN2O5. The van der Waals surface area contributed by atoms with E-state index in [0.717, 1.165) is 12.1 Å². The van der Waals surface area contributed by atoms with Crippen LogP contribution in [0.5, 0.6) is 5.75 Å². The Morgan fingerprint density at radius 2 is 1.89 bits per heavy atom. The van der Waals surface area contributed by atoms with Crippen LogP contribution in [-0.4, -0.2) is 46.0 Å². The number of carboxylic acids is 1. The molecule has 8 heteroatoms. The van der Waals surface area contributed by atoms with Crippen molar-refractivity contribution >= 4 is 17.8 Å². The highest BCUT2D eigenvalue weighted by Crippen LogP contribution is 2.21. The van der Waals surface area contributed by atoms with E-state index in [0.29, 0.717) is 4.90 Å². The van der Waals surface area contributed by atoms with Gasteiger partial charge in [0, 0.05) is 0 Å². The standard InChI is InChI=1S/C11H11FN2O5/c12-6-2-1-3-7(15)10(6)11(19)14(4-8(13)16)5-9(17)18/h1-3,15H,4-5H2,(H2,13,16)(H,17,18). The molecule has 4 N–H and O–H groups in total. The number of halogens is 1. The number of aliphatic carboxylic acids is 1. The second kappa shape index (κ2) is 5.80. The summed E-state index contributed by atoms with van der Waals surface area (Å²) in [5.41, 5.74) is 4.18. The van der Waals surface area contributed by atoms with Crippen molar-refractivity contribution < 1.29 is 29.0 Å². The fraction of sp³-hybridized carbons (Fsp3) is 0.182. The molecule has 1 rings (SSSR count). The molecule has 0 aromatic heterocycles. The van der Waals surface area contributed by atoms with Crippen molar-refractivity contribution in [1.82, 2.24) is 4.90 Å². The van der Waals surface area contributed by atoms with Gasteiger partial charge in [0.2, 0.25) is 5.91 Å². The van der Waals surface area contributed by atoms with Gasteiger partial charge < -0.3 is 20.8 Å². The number of phenols is 1. The van der Waals surface area contributed by atoms with Crippen LogP contribution in [-0.2, 0) is 9.59 Å². The summed E-state index contributed by atoms with van der Waals surface area (Å²) < 4.78 is 13.5. The lowest BCUT2D eigenvalue weighted by Gasteiger charge is -2.19. The highest BCUT2D eigenvalue weighted by Gasteiger charge is 2.25. The van der Waals surface area contributed by atoms with Gasteiger partial charge in [-0.15, -0.1) is 0 Å². The van der Waals surface area contributed by atoms with Crippen molar-refractivity contribution in [2.24, 2.45) is 5.73 Å². The number of benzene rings is 1. The first-order valence-corrected chi connectivity index (χ1v) is 5.09. The van der Waals surface area contributed by atoms with Crippen molar-refractivity contribution in [2.75, 3.05) is 13.1 Å². The molecule has 0 saturated carbocycles. The van der Waals surface area contributed by atoms with E-state index in [2.05, 4.69) is 0 Å². The molecule has 0 spiro atoms. The zero-order valence-electron chi connectivity index (χ0n) is 9.67. The lowest BCUT2D eigenvalue weighted by Crippen LogP contribution is -2.41. The maximum atomic E-state index is 13.5. The van der Waals surface area contributed by atoms with Crippen LogP contribution in [0, 0.1) is 5.82 Å². The molecule has 19 heavy (non-hydrogen) atoms. The van der Waals surface area contributed by atoms with Crippen LogP contribution in [0.1, 0.15) is 10.4 Å². The molecule has 1 aromatic carbocycles. The SMILES string of the molecule is NC(=O)CN(CC(=O)O)C(=O)c1c(O)cccc1F. The fourth-order valence-electron chi connectivity index (χ4n) is 1.43. The number of primary amides is 1. The number of amides is 2. The second-order valence-electron chi connectivity index (χ2n) is 3.66. The number of hydrogen-bond donors (Lipinski definition) is 3. The van der Waals surface area contributed by atoms with Gasteiger partial charge in [0.05, 0.1) is 0 Å². The molecule has 102 valence electrons. The molecule has 0 atom stereocenters. The summed E-state index contributed by atoms with van der Waals surface area (Å²) >= 11 is 0. The van der Waals surface area contributed by atoms with Crippen molar-refractivity contribution in [2.45, 2.75) is 0 Å². The van der Waals surface area contributed by atoms with Gasteiger partial charge in [-0.1, -0.05) is 6.07 Å². The molecule has 7 nitrogen and oxygen atoms in total. The number of rotatable bonds is 5. The topological polar surface area (TPSA) is 121 Å². The van der Waals surface area contributed by atoms with Crippen LogP contribution in [0.25, 0.3) is 0 Å². The van der Waals surface area contributed by atoms with Gasteiger partial charge in [-0.3, -0.25) is 14.4 Å². The van der Waals surface area contributed by atoms with Crippen LogP contribution >= 0.6 is 0 Å². The van der Waals surface area contributed by atoms with Gasteiger partial charge in [0.15, 0.2) is 0 Å². The molecule has 1 aromatic rings. The minimum absolute atomic E-state index is 0.531.